The van der Waals surface area contributed by atoms with Gasteiger partial charge in [0.2, 0.25) is 18.3 Å². The second-order valence-corrected chi connectivity index (χ2v) is 10.8. The summed E-state index contributed by atoms with van der Waals surface area (Å²) in [6.07, 6.45) is -1.21. The molecule has 0 spiro atoms. The zero-order valence-electron chi connectivity index (χ0n) is 23.8. The van der Waals surface area contributed by atoms with E-state index in [4.69, 9.17) is 4.74 Å². The number of pyridine rings is 1. The van der Waals surface area contributed by atoms with E-state index in [2.05, 4.69) is 31.2 Å². The van der Waals surface area contributed by atoms with E-state index in [1.807, 2.05) is 6.07 Å². The van der Waals surface area contributed by atoms with Crippen molar-refractivity contribution >= 4 is 23.5 Å². The zero-order chi connectivity index (χ0) is 32.0. The number of halogens is 5. The lowest BCUT2D eigenvalue weighted by molar-refractivity contribution is -0.123. The maximum absolute atomic E-state index is 14.0. The normalized spacial score (nSPS) is 16.2. The molecule has 2 atom stereocenters. The smallest absolute Gasteiger partial charge is 0.408 e. The Morgan fingerprint density at radius 3 is 2.51 bits per heavy atom. The third kappa shape index (κ3) is 8.42. The van der Waals surface area contributed by atoms with Crippen molar-refractivity contribution in [2.45, 2.75) is 63.0 Å². The number of aromatic nitrogens is 4. The standard InChI is InChI=1S/C30H30F5N7O3/c31-21-6-7-25(36-15-21)40-41-28(43)22(13-24(32)33)20-12-26-38-23(16-42(26)37-14-20)27(19-8-10-30(34,35)11-9-19)39-29(44)45-17-18-4-2-1-3-5-18/h1-7,12,14-16,19,22,24,27H,8-11,13,17H2,(H,36,40)(H,39,44)(H,41,43)/t22?,27-/m0/s1. The molecule has 1 aromatic carbocycles. The third-order valence-electron chi connectivity index (χ3n) is 7.57. The van der Waals surface area contributed by atoms with Gasteiger partial charge in [-0.1, -0.05) is 30.3 Å². The lowest BCUT2D eigenvalue weighted by atomic mass is 9.81. The van der Waals surface area contributed by atoms with Gasteiger partial charge in [-0.05, 0) is 48.1 Å². The van der Waals surface area contributed by atoms with Crippen LogP contribution in [0.5, 0.6) is 0 Å². The number of fused-ring (bicyclic) bond motifs is 1. The van der Waals surface area contributed by atoms with Gasteiger partial charge in [-0.2, -0.15) is 5.10 Å². The highest BCUT2D eigenvalue weighted by Crippen LogP contribution is 2.41. The molecule has 0 saturated heterocycles. The zero-order valence-corrected chi connectivity index (χ0v) is 23.8. The Bertz CT molecular complexity index is 1590. The van der Waals surface area contributed by atoms with Gasteiger partial charge in [-0.15, -0.1) is 0 Å². The van der Waals surface area contributed by atoms with Crippen LogP contribution in [-0.4, -0.2) is 43.9 Å². The van der Waals surface area contributed by atoms with E-state index >= 15 is 0 Å². The number of rotatable bonds is 11. The molecular weight excluding hydrogens is 601 g/mol. The maximum Gasteiger partial charge on any atom is 0.408 e. The summed E-state index contributed by atoms with van der Waals surface area (Å²) in [4.78, 5) is 34.0. The van der Waals surface area contributed by atoms with Crippen LogP contribution in [-0.2, 0) is 16.1 Å². The summed E-state index contributed by atoms with van der Waals surface area (Å²) >= 11 is 0. The molecule has 1 fully saturated rings. The monoisotopic (exact) mass is 631 g/mol. The summed E-state index contributed by atoms with van der Waals surface area (Å²) in [5, 5.41) is 7.01. The number of imidazole rings is 1. The number of anilines is 1. The predicted octanol–water partition coefficient (Wildman–Crippen LogP) is 5.94. The van der Waals surface area contributed by atoms with E-state index in [-0.39, 0.29) is 55.2 Å². The van der Waals surface area contributed by atoms with Gasteiger partial charge in [0, 0.05) is 19.3 Å². The highest BCUT2D eigenvalue weighted by Gasteiger charge is 2.39. The molecule has 2 amide bonds. The molecule has 1 unspecified atom stereocenters. The van der Waals surface area contributed by atoms with Crippen LogP contribution < -0.4 is 16.2 Å². The lowest BCUT2D eigenvalue weighted by Gasteiger charge is -2.33. The van der Waals surface area contributed by atoms with Crippen molar-refractivity contribution in [3.8, 4) is 0 Å². The summed E-state index contributed by atoms with van der Waals surface area (Å²) in [6.45, 7) is -0.00210. The van der Waals surface area contributed by atoms with Crippen LogP contribution >= 0.6 is 0 Å². The number of nitrogens with one attached hydrogen (secondary N) is 3. The van der Waals surface area contributed by atoms with E-state index in [9.17, 15) is 31.5 Å². The molecule has 238 valence electrons. The molecule has 15 heteroatoms. The molecule has 3 N–H and O–H groups in total. The number of alkyl halides is 4. The molecule has 3 heterocycles. The van der Waals surface area contributed by atoms with Crippen LogP contribution in [0, 0.1) is 11.7 Å². The maximum atomic E-state index is 14.0. The minimum Gasteiger partial charge on any atom is -0.445 e. The van der Waals surface area contributed by atoms with Gasteiger partial charge < -0.3 is 10.1 Å². The Kier molecular flexibility index (Phi) is 9.74. The van der Waals surface area contributed by atoms with Gasteiger partial charge in [0.05, 0.1) is 36.2 Å². The first-order valence-electron chi connectivity index (χ1n) is 14.2. The fourth-order valence-electron chi connectivity index (χ4n) is 5.21. The Hall–Kier alpha value is -4.82. The molecule has 4 aromatic rings. The molecular formula is C30H30F5N7O3. The second kappa shape index (κ2) is 13.9. The van der Waals surface area contributed by atoms with Crippen molar-refractivity contribution in [2.24, 2.45) is 5.92 Å². The molecule has 1 saturated carbocycles. The van der Waals surface area contributed by atoms with E-state index < -0.39 is 48.5 Å². The average molecular weight is 632 g/mol. The first-order chi connectivity index (χ1) is 21.6. The van der Waals surface area contributed by atoms with E-state index in [1.54, 1.807) is 24.3 Å². The lowest BCUT2D eigenvalue weighted by Crippen LogP contribution is -2.37. The van der Waals surface area contributed by atoms with Gasteiger partial charge in [0.25, 0.3) is 0 Å². The van der Waals surface area contributed by atoms with E-state index in [1.165, 1.54) is 29.0 Å². The Balaban J connectivity index is 1.36. The molecule has 1 aliphatic rings. The molecule has 0 radical (unpaired) electrons. The quantitative estimate of drug-likeness (QED) is 0.138. The molecule has 0 aliphatic heterocycles. The molecule has 5 rings (SSSR count). The van der Waals surface area contributed by atoms with Gasteiger partial charge in [0.15, 0.2) is 5.65 Å². The van der Waals surface area contributed by atoms with Crippen LogP contribution in [0.25, 0.3) is 5.65 Å². The highest BCUT2D eigenvalue weighted by atomic mass is 19.3. The number of hydrazine groups is 1. The van der Waals surface area contributed by atoms with Crippen LogP contribution in [0.3, 0.4) is 0 Å². The first-order valence-corrected chi connectivity index (χ1v) is 14.2. The molecule has 45 heavy (non-hydrogen) atoms. The van der Waals surface area contributed by atoms with Crippen molar-refractivity contribution in [3.63, 3.8) is 0 Å². The summed E-state index contributed by atoms with van der Waals surface area (Å²) in [5.41, 5.74) is 6.16. The van der Waals surface area contributed by atoms with Gasteiger partial charge in [-0.25, -0.2) is 41.2 Å². The second-order valence-electron chi connectivity index (χ2n) is 10.8. The fourth-order valence-corrected chi connectivity index (χ4v) is 5.21. The summed E-state index contributed by atoms with van der Waals surface area (Å²) in [5.74, 6) is -5.85. The highest BCUT2D eigenvalue weighted by molar-refractivity contribution is 5.84. The summed E-state index contributed by atoms with van der Waals surface area (Å²) in [7, 11) is 0. The van der Waals surface area contributed by atoms with Gasteiger partial charge >= 0.3 is 6.09 Å². The van der Waals surface area contributed by atoms with Gasteiger partial charge in [-0.3, -0.25) is 15.6 Å². The number of alkyl carbamates (subject to hydrolysis) is 1. The van der Waals surface area contributed by atoms with Crippen molar-refractivity contribution in [1.82, 2.24) is 30.3 Å². The molecule has 10 nitrogen and oxygen atoms in total. The SMILES string of the molecule is O=C(N[C@H](c1cn2ncc(C(CC(F)F)C(=O)NNc3ccc(F)cn3)cc2n1)C1CCC(F)(F)CC1)OCc1ccccc1. The van der Waals surface area contributed by atoms with Crippen molar-refractivity contribution < 1.29 is 36.3 Å². The van der Waals surface area contributed by atoms with Crippen LogP contribution in [0.2, 0.25) is 0 Å². The Labute approximate surface area is 254 Å². The Morgan fingerprint density at radius 1 is 1.07 bits per heavy atom. The number of amides is 2. The number of hydrogen-bond acceptors (Lipinski definition) is 7. The minimum atomic E-state index is -2.84. The van der Waals surface area contributed by atoms with E-state index in [0.29, 0.717) is 5.69 Å². The topological polar surface area (TPSA) is 123 Å². The van der Waals surface area contributed by atoms with Crippen molar-refractivity contribution in [3.05, 3.63) is 89.8 Å². The van der Waals surface area contributed by atoms with Crippen molar-refractivity contribution in [2.75, 3.05) is 5.43 Å². The molecule has 0 bridgehead atoms. The average Bonchev–Trinajstić information content (AvgIpc) is 3.45. The first kappa shape index (κ1) is 31.6. The summed E-state index contributed by atoms with van der Waals surface area (Å²) in [6, 6.07) is 12.0. The summed E-state index contributed by atoms with van der Waals surface area (Å²) < 4.78 is 74.8. The molecule has 1 aliphatic carbocycles. The van der Waals surface area contributed by atoms with Crippen molar-refractivity contribution in [1.29, 1.82) is 0 Å². The number of benzene rings is 1. The Morgan fingerprint density at radius 2 is 1.82 bits per heavy atom. The minimum absolute atomic E-state index is 0.00210. The van der Waals surface area contributed by atoms with Crippen LogP contribution in [0.15, 0.2) is 67.1 Å². The number of ether oxygens (including phenoxy) is 1. The third-order valence-corrected chi connectivity index (χ3v) is 7.57. The number of carbonyl (C=O) groups excluding carboxylic acids is 2. The van der Waals surface area contributed by atoms with Crippen LogP contribution in [0.1, 0.15) is 60.9 Å². The number of nitrogens with zero attached hydrogens (tertiary/aromatic N) is 4. The molecule has 3 aromatic heterocycles. The fraction of sp³-hybridized carbons (Fsp3) is 0.367. The predicted molar refractivity (Wildman–Crippen MR) is 152 cm³/mol. The van der Waals surface area contributed by atoms with E-state index in [0.717, 1.165) is 17.8 Å². The van der Waals surface area contributed by atoms with Gasteiger partial charge in [0.1, 0.15) is 18.2 Å². The van der Waals surface area contributed by atoms with Crippen LogP contribution in [0.4, 0.5) is 32.6 Å². The number of carbonyl (C=O) groups is 2. The largest absolute Gasteiger partial charge is 0.445 e. The number of hydrogen-bond donors (Lipinski definition) is 3.